The molecule has 1 saturated heterocycles. The van der Waals surface area contributed by atoms with Crippen molar-refractivity contribution in [2.45, 2.75) is 19.3 Å². The summed E-state index contributed by atoms with van der Waals surface area (Å²) in [6, 6.07) is 4.45. The van der Waals surface area contributed by atoms with Crippen LogP contribution in [0.15, 0.2) is 23.4 Å². The third kappa shape index (κ3) is 2.75. The number of hydrogen-bond acceptors (Lipinski definition) is 5. The normalized spacial score (nSPS) is 16.4. The highest BCUT2D eigenvalue weighted by Crippen LogP contribution is 2.27. The molecule has 1 fully saturated rings. The van der Waals surface area contributed by atoms with Crippen molar-refractivity contribution >= 4 is 17.2 Å². The van der Waals surface area contributed by atoms with Crippen LogP contribution < -0.4 is 10.6 Å². The molecule has 1 aliphatic rings. The maximum absolute atomic E-state index is 10.8. The fourth-order valence-corrected chi connectivity index (χ4v) is 2.31. The lowest BCUT2D eigenvalue weighted by atomic mass is 10.1. The third-order valence-electron chi connectivity index (χ3n) is 3.27. The number of non-ortho nitro benzene ring substituents is 1. The molecule has 0 radical (unpaired) electrons. The molecule has 2 rings (SSSR count). The van der Waals surface area contributed by atoms with E-state index in [-0.39, 0.29) is 11.5 Å². The van der Waals surface area contributed by atoms with E-state index in [4.69, 9.17) is 10.9 Å². The summed E-state index contributed by atoms with van der Waals surface area (Å²) in [7, 11) is 0. The number of nitrogens with zero attached hydrogens (tertiary/aromatic N) is 3. The van der Waals surface area contributed by atoms with E-state index in [9.17, 15) is 10.1 Å². The quantitative estimate of drug-likeness (QED) is 0.284. The SMILES string of the molecule is N/C(=N/O)c1cc([N+](=O)[O-])ccc1N1CCCCC1. The number of benzene rings is 1. The molecule has 0 spiro atoms. The lowest BCUT2D eigenvalue weighted by Crippen LogP contribution is -2.31. The summed E-state index contributed by atoms with van der Waals surface area (Å²) in [6.45, 7) is 1.76. The molecule has 0 saturated carbocycles. The van der Waals surface area contributed by atoms with Gasteiger partial charge in [0.2, 0.25) is 0 Å². The molecule has 7 nitrogen and oxygen atoms in total. The van der Waals surface area contributed by atoms with Gasteiger partial charge in [0.05, 0.1) is 10.5 Å². The predicted octanol–water partition coefficient (Wildman–Crippen LogP) is 1.68. The maximum atomic E-state index is 10.8. The van der Waals surface area contributed by atoms with Crippen molar-refractivity contribution < 1.29 is 10.1 Å². The molecule has 0 aliphatic carbocycles. The first kappa shape index (κ1) is 13.1. The van der Waals surface area contributed by atoms with E-state index in [0.29, 0.717) is 5.56 Å². The number of anilines is 1. The Bertz CT molecular complexity index is 510. The molecule has 0 atom stereocenters. The summed E-state index contributed by atoms with van der Waals surface area (Å²) in [4.78, 5) is 12.4. The van der Waals surface area contributed by atoms with Crippen molar-refractivity contribution in [3.05, 3.63) is 33.9 Å². The Morgan fingerprint density at radius 1 is 1.37 bits per heavy atom. The second-order valence-electron chi connectivity index (χ2n) is 4.49. The highest BCUT2D eigenvalue weighted by atomic mass is 16.6. The number of nitro groups is 1. The lowest BCUT2D eigenvalue weighted by Gasteiger charge is -2.30. The number of hydrogen-bond donors (Lipinski definition) is 2. The Morgan fingerprint density at radius 3 is 2.63 bits per heavy atom. The largest absolute Gasteiger partial charge is 0.409 e. The predicted molar refractivity (Wildman–Crippen MR) is 71.7 cm³/mol. The Labute approximate surface area is 110 Å². The second-order valence-corrected chi connectivity index (χ2v) is 4.49. The standard InChI is InChI=1S/C12H16N4O3/c13-12(14-17)10-8-9(16(18)19)4-5-11(10)15-6-2-1-3-7-15/h4-5,8,17H,1-3,6-7H2,(H2,13,14). The lowest BCUT2D eigenvalue weighted by molar-refractivity contribution is -0.384. The van der Waals surface area contributed by atoms with Gasteiger partial charge in [-0.2, -0.15) is 0 Å². The van der Waals surface area contributed by atoms with Gasteiger partial charge in [0.25, 0.3) is 5.69 Å². The van der Waals surface area contributed by atoms with Crippen molar-refractivity contribution in [3.8, 4) is 0 Å². The van der Waals surface area contributed by atoms with Gasteiger partial charge in [-0.3, -0.25) is 10.1 Å². The summed E-state index contributed by atoms with van der Waals surface area (Å²) in [6.07, 6.45) is 3.33. The molecule has 0 bridgehead atoms. The van der Waals surface area contributed by atoms with Gasteiger partial charge in [0, 0.05) is 30.9 Å². The highest BCUT2D eigenvalue weighted by Gasteiger charge is 2.19. The zero-order valence-electron chi connectivity index (χ0n) is 10.5. The summed E-state index contributed by atoms with van der Waals surface area (Å²) < 4.78 is 0. The molecule has 1 aromatic rings. The topological polar surface area (TPSA) is 105 Å². The smallest absolute Gasteiger partial charge is 0.270 e. The Morgan fingerprint density at radius 2 is 2.05 bits per heavy atom. The van der Waals surface area contributed by atoms with Crippen LogP contribution >= 0.6 is 0 Å². The van der Waals surface area contributed by atoms with E-state index in [1.165, 1.54) is 18.6 Å². The van der Waals surface area contributed by atoms with Gasteiger partial charge in [-0.15, -0.1) is 0 Å². The average molecular weight is 264 g/mol. The summed E-state index contributed by atoms with van der Waals surface area (Å²) in [5, 5.41) is 22.6. The van der Waals surface area contributed by atoms with Crippen LogP contribution in [0.3, 0.4) is 0 Å². The number of nitro benzene ring substituents is 1. The van der Waals surface area contributed by atoms with Gasteiger partial charge in [0.15, 0.2) is 5.84 Å². The van der Waals surface area contributed by atoms with Crippen molar-refractivity contribution in [2.24, 2.45) is 10.9 Å². The van der Waals surface area contributed by atoms with Crippen LogP contribution in [0.1, 0.15) is 24.8 Å². The molecule has 3 N–H and O–H groups in total. The van der Waals surface area contributed by atoms with Gasteiger partial charge in [-0.25, -0.2) is 0 Å². The fraction of sp³-hybridized carbons (Fsp3) is 0.417. The van der Waals surface area contributed by atoms with Gasteiger partial charge >= 0.3 is 0 Å². The number of piperidine rings is 1. The number of oxime groups is 1. The minimum atomic E-state index is -0.492. The van der Waals surface area contributed by atoms with Crippen LogP contribution in [-0.2, 0) is 0 Å². The molecule has 1 aliphatic heterocycles. The van der Waals surface area contributed by atoms with Crippen LogP contribution in [0.4, 0.5) is 11.4 Å². The van der Waals surface area contributed by atoms with Crippen molar-refractivity contribution in [1.82, 2.24) is 0 Å². The monoisotopic (exact) mass is 264 g/mol. The molecule has 0 aromatic heterocycles. The molecule has 1 aromatic carbocycles. The van der Waals surface area contributed by atoms with E-state index < -0.39 is 4.92 Å². The number of nitrogens with two attached hydrogens (primary N) is 1. The third-order valence-corrected chi connectivity index (χ3v) is 3.27. The van der Waals surface area contributed by atoms with Crippen LogP contribution in [-0.4, -0.2) is 29.1 Å². The molecule has 19 heavy (non-hydrogen) atoms. The van der Waals surface area contributed by atoms with Crippen LogP contribution in [0.2, 0.25) is 0 Å². The minimum Gasteiger partial charge on any atom is -0.409 e. The van der Waals surface area contributed by atoms with Crippen LogP contribution in [0.25, 0.3) is 0 Å². The molecule has 1 heterocycles. The van der Waals surface area contributed by atoms with E-state index >= 15 is 0 Å². The summed E-state index contributed by atoms with van der Waals surface area (Å²) in [5.41, 5.74) is 6.73. The van der Waals surface area contributed by atoms with Gasteiger partial charge < -0.3 is 15.8 Å². The number of rotatable bonds is 3. The zero-order chi connectivity index (χ0) is 13.8. The van der Waals surface area contributed by atoms with Crippen LogP contribution in [0, 0.1) is 10.1 Å². The molecule has 7 heteroatoms. The minimum absolute atomic E-state index is 0.0673. The number of amidine groups is 1. The van der Waals surface area contributed by atoms with Crippen molar-refractivity contribution in [2.75, 3.05) is 18.0 Å². The van der Waals surface area contributed by atoms with Gasteiger partial charge in [-0.1, -0.05) is 5.16 Å². The molecule has 0 amide bonds. The van der Waals surface area contributed by atoms with Gasteiger partial charge in [-0.05, 0) is 25.3 Å². The molecular weight excluding hydrogens is 248 g/mol. The Balaban J connectivity index is 2.44. The molecular formula is C12H16N4O3. The summed E-state index contributed by atoms with van der Waals surface area (Å²) >= 11 is 0. The van der Waals surface area contributed by atoms with E-state index in [0.717, 1.165) is 31.6 Å². The Hall–Kier alpha value is -2.31. The fourth-order valence-electron chi connectivity index (χ4n) is 2.31. The average Bonchev–Trinajstić information content (AvgIpc) is 2.46. The first-order valence-corrected chi connectivity index (χ1v) is 6.15. The van der Waals surface area contributed by atoms with E-state index in [1.54, 1.807) is 6.07 Å². The van der Waals surface area contributed by atoms with Gasteiger partial charge in [0.1, 0.15) is 0 Å². The highest BCUT2D eigenvalue weighted by molar-refractivity contribution is 6.02. The zero-order valence-corrected chi connectivity index (χ0v) is 10.5. The van der Waals surface area contributed by atoms with E-state index in [2.05, 4.69) is 10.1 Å². The maximum Gasteiger partial charge on any atom is 0.270 e. The summed E-state index contributed by atoms with van der Waals surface area (Å²) in [5.74, 6) is -0.107. The second kappa shape index (κ2) is 5.55. The van der Waals surface area contributed by atoms with E-state index in [1.807, 2.05) is 0 Å². The van der Waals surface area contributed by atoms with Crippen LogP contribution in [0.5, 0.6) is 0 Å². The van der Waals surface area contributed by atoms with Crippen molar-refractivity contribution in [1.29, 1.82) is 0 Å². The molecule has 102 valence electrons. The first-order chi connectivity index (χ1) is 9.13. The molecule has 0 unspecified atom stereocenters. The first-order valence-electron chi connectivity index (χ1n) is 6.15. The Kier molecular flexibility index (Phi) is 3.84. The van der Waals surface area contributed by atoms with Crippen molar-refractivity contribution in [3.63, 3.8) is 0 Å².